The minimum absolute atomic E-state index is 0.0180. The van der Waals surface area contributed by atoms with Gasteiger partial charge >= 0.3 is 5.97 Å². The molecular formula is C24H46O6. The third kappa shape index (κ3) is 17.7. The van der Waals surface area contributed by atoms with Gasteiger partial charge in [-0.2, -0.15) is 0 Å². The van der Waals surface area contributed by atoms with Gasteiger partial charge in [-0.05, 0) is 37.7 Å². The van der Waals surface area contributed by atoms with E-state index >= 15 is 0 Å². The number of unbranched alkanes of at least 4 members (excludes halogenated alkanes) is 2. The Hall–Kier alpha value is -1.11. The number of carbonyl (C=O) groups is 1. The van der Waals surface area contributed by atoms with Crippen molar-refractivity contribution < 1.29 is 28.5 Å². The first kappa shape index (κ1) is 28.9. The van der Waals surface area contributed by atoms with Gasteiger partial charge in [0.25, 0.3) is 0 Å². The van der Waals surface area contributed by atoms with Crippen molar-refractivity contribution in [3.8, 4) is 0 Å². The van der Waals surface area contributed by atoms with Gasteiger partial charge in [-0.1, -0.05) is 47.0 Å². The Labute approximate surface area is 184 Å². The summed E-state index contributed by atoms with van der Waals surface area (Å²) in [6, 6.07) is 0. The molecule has 1 unspecified atom stereocenters. The van der Waals surface area contributed by atoms with E-state index in [1.54, 1.807) is 0 Å². The Morgan fingerprint density at radius 2 is 1.33 bits per heavy atom. The lowest BCUT2D eigenvalue weighted by Crippen LogP contribution is -2.20. The van der Waals surface area contributed by atoms with Crippen LogP contribution in [0.4, 0.5) is 0 Å². The van der Waals surface area contributed by atoms with E-state index in [9.17, 15) is 4.79 Å². The Balaban J connectivity index is 3.42. The van der Waals surface area contributed by atoms with Gasteiger partial charge in [0, 0.05) is 0 Å². The molecule has 0 aromatic rings. The molecule has 0 aliphatic carbocycles. The molecule has 0 aromatic heterocycles. The van der Waals surface area contributed by atoms with Crippen LogP contribution in [0.1, 0.15) is 79.1 Å². The minimum Gasteiger partial charge on any atom is -0.499 e. The van der Waals surface area contributed by atoms with E-state index in [-0.39, 0.29) is 11.9 Å². The van der Waals surface area contributed by atoms with Crippen LogP contribution < -0.4 is 0 Å². The topological polar surface area (TPSA) is 63.2 Å². The van der Waals surface area contributed by atoms with Gasteiger partial charge in [-0.25, -0.2) is 0 Å². The van der Waals surface area contributed by atoms with Crippen LogP contribution in [-0.2, 0) is 28.5 Å². The zero-order valence-corrected chi connectivity index (χ0v) is 19.9. The Morgan fingerprint density at radius 1 is 0.767 bits per heavy atom. The normalized spacial score (nSPS) is 12.7. The second-order valence-corrected chi connectivity index (χ2v) is 7.36. The van der Waals surface area contributed by atoms with Crippen LogP contribution in [0.5, 0.6) is 0 Å². The molecular weight excluding hydrogens is 384 g/mol. The second-order valence-electron chi connectivity index (χ2n) is 7.36. The van der Waals surface area contributed by atoms with Crippen LogP contribution in [0.3, 0.4) is 0 Å². The summed E-state index contributed by atoms with van der Waals surface area (Å²) in [5.41, 5.74) is 1.36. The number of allylic oxidation sites excluding steroid dienone is 1. The van der Waals surface area contributed by atoms with Crippen molar-refractivity contribution in [1.29, 1.82) is 0 Å². The molecule has 0 saturated heterocycles. The largest absolute Gasteiger partial charge is 0.499 e. The molecule has 0 aromatic carbocycles. The van der Waals surface area contributed by atoms with Gasteiger partial charge < -0.3 is 23.7 Å². The highest BCUT2D eigenvalue weighted by Gasteiger charge is 2.16. The smallest absolute Gasteiger partial charge is 0.308 e. The molecule has 0 bridgehead atoms. The van der Waals surface area contributed by atoms with Crippen LogP contribution in [0.15, 0.2) is 11.8 Å². The summed E-state index contributed by atoms with van der Waals surface area (Å²) in [6.45, 7) is 12.4. The molecule has 0 saturated carbocycles. The van der Waals surface area contributed by atoms with Gasteiger partial charge in [0.05, 0.1) is 51.8 Å². The maximum atomic E-state index is 11.9. The number of hydrogen-bond donors (Lipinski definition) is 0. The lowest BCUT2D eigenvalue weighted by atomic mass is 10.00. The lowest BCUT2D eigenvalue weighted by Gasteiger charge is -2.13. The van der Waals surface area contributed by atoms with E-state index in [0.29, 0.717) is 52.9 Å². The number of rotatable bonds is 22. The SMILES string of the molecule is CCCCC(=COCCOCCOCCOCCOC(=O)C(CC)CCCC)CC. The van der Waals surface area contributed by atoms with E-state index in [0.717, 1.165) is 38.5 Å². The number of hydrogen-bond acceptors (Lipinski definition) is 6. The van der Waals surface area contributed by atoms with Crippen LogP contribution in [0, 0.1) is 5.92 Å². The Kier molecular flexibility index (Phi) is 21.7. The van der Waals surface area contributed by atoms with Crippen LogP contribution in [0.25, 0.3) is 0 Å². The molecule has 0 radical (unpaired) electrons. The van der Waals surface area contributed by atoms with E-state index in [2.05, 4.69) is 20.8 Å². The number of esters is 1. The molecule has 0 fully saturated rings. The maximum Gasteiger partial charge on any atom is 0.308 e. The van der Waals surface area contributed by atoms with Gasteiger partial charge in [0.15, 0.2) is 0 Å². The molecule has 0 aliphatic heterocycles. The molecule has 1 atom stereocenters. The van der Waals surface area contributed by atoms with Crippen molar-refractivity contribution in [2.24, 2.45) is 5.92 Å². The average molecular weight is 431 g/mol. The highest BCUT2D eigenvalue weighted by Crippen LogP contribution is 2.14. The highest BCUT2D eigenvalue weighted by atomic mass is 16.6. The van der Waals surface area contributed by atoms with Gasteiger partial charge in [-0.15, -0.1) is 0 Å². The van der Waals surface area contributed by atoms with E-state index in [1.807, 2.05) is 13.2 Å². The fourth-order valence-electron chi connectivity index (χ4n) is 2.81. The van der Waals surface area contributed by atoms with E-state index < -0.39 is 0 Å². The molecule has 6 nitrogen and oxygen atoms in total. The highest BCUT2D eigenvalue weighted by molar-refractivity contribution is 5.72. The molecule has 0 heterocycles. The number of carbonyl (C=O) groups excluding carboxylic acids is 1. The fourth-order valence-corrected chi connectivity index (χ4v) is 2.81. The van der Waals surface area contributed by atoms with Gasteiger partial charge in [-0.3, -0.25) is 4.79 Å². The average Bonchev–Trinajstić information content (AvgIpc) is 2.76. The summed E-state index contributed by atoms with van der Waals surface area (Å²) < 4.78 is 27.2. The van der Waals surface area contributed by atoms with Crippen molar-refractivity contribution in [3.05, 3.63) is 11.8 Å². The lowest BCUT2D eigenvalue weighted by molar-refractivity contribution is -0.150. The van der Waals surface area contributed by atoms with E-state index in [1.165, 1.54) is 18.4 Å². The van der Waals surface area contributed by atoms with Gasteiger partial charge in [0.1, 0.15) is 13.2 Å². The Bertz CT molecular complexity index is 411. The third-order valence-electron chi connectivity index (χ3n) is 4.85. The predicted octanol–water partition coefficient (Wildman–Crippen LogP) is 5.30. The summed E-state index contributed by atoms with van der Waals surface area (Å²) in [4.78, 5) is 11.9. The molecule has 0 aliphatic rings. The van der Waals surface area contributed by atoms with Crippen LogP contribution in [0.2, 0.25) is 0 Å². The van der Waals surface area contributed by atoms with Gasteiger partial charge in [0.2, 0.25) is 0 Å². The molecule has 0 rings (SSSR count). The molecule has 30 heavy (non-hydrogen) atoms. The summed E-state index contributed by atoms with van der Waals surface area (Å²) in [7, 11) is 0. The first-order chi connectivity index (χ1) is 14.7. The summed E-state index contributed by atoms with van der Waals surface area (Å²) >= 11 is 0. The standard InChI is InChI=1S/C24H46O6/c1-5-9-11-22(7-3)21-29-18-17-27-14-13-26-15-16-28-19-20-30-24(25)23(8-4)12-10-6-2/h21,23H,5-20H2,1-4H3. The minimum atomic E-state index is -0.103. The summed E-state index contributed by atoms with van der Waals surface area (Å²) in [5, 5.41) is 0. The maximum absolute atomic E-state index is 11.9. The number of ether oxygens (including phenoxy) is 5. The second kappa shape index (κ2) is 22.6. The van der Waals surface area contributed by atoms with Crippen molar-refractivity contribution in [3.63, 3.8) is 0 Å². The van der Waals surface area contributed by atoms with Crippen molar-refractivity contribution in [1.82, 2.24) is 0 Å². The molecule has 0 amide bonds. The van der Waals surface area contributed by atoms with Crippen LogP contribution in [-0.4, -0.2) is 58.8 Å². The Morgan fingerprint density at radius 3 is 1.87 bits per heavy atom. The molecule has 6 heteroatoms. The summed E-state index contributed by atoms with van der Waals surface area (Å²) in [6.07, 6.45) is 10.4. The zero-order valence-electron chi connectivity index (χ0n) is 19.9. The van der Waals surface area contributed by atoms with Crippen molar-refractivity contribution >= 4 is 5.97 Å². The monoisotopic (exact) mass is 430 g/mol. The predicted molar refractivity (Wildman–Crippen MR) is 121 cm³/mol. The van der Waals surface area contributed by atoms with Crippen molar-refractivity contribution in [2.45, 2.75) is 79.1 Å². The molecule has 0 N–H and O–H groups in total. The van der Waals surface area contributed by atoms with E-state index in [4.69, 9.17) is 23.7 Å². The third-order valence-corrected chi connectivity index (χ3v) is 4.85. The molecule has 0 spiro atoms. The first-order valence-electron chi connectivity index (χ1n) is 11.9. The van der Waals surface area contributed by atoms with Crippen molar-refractivity contribution in [2.75, 3.05) is 52.9 Å². The fraction of sp³-hybridized carbons (Fsp3) is 0.875. The quantitative estimate of drug-likeness (QED) is 0.132. The summed E-state index contributed by atoms with van der Waals surface area (Å²) in [5.74, 6) is -0.0845. The molecule has 178 valence electrons. The zero-order chi connectivity index (χ0) is 22.3. The first-order valence-corrected chi connectivity index (χ1v) is 11.9. The van der Waals surface area contributed by atoms with Crippen LogP contribution >= 0.6 is 0 Å².